The van der Waals surface area contributed by atoms with Gasteiger partial charge in [0.1, 0.15) is 11.6 Å². The fourth-order valence-electron chi connectivity index (χ4n) is 6.14. The van der Waals surface area contributed by atoms with Crippen LogP contribution in [0.5, 0.6) is 5.75 Å². The van der Waals surface area contributed by atoms with Gasteiger partial charge < -0.3 is 14.1 Å². The van der Waals surface area contributed by atoms with E-state index >= 15 is 0 Å². The van der Waals surface area contributed by atoms with Crippen molar-refractivity contribution in [3.63, 3.8) is 0 Å². The summed E-state index contributed by atoms with van der Waals surface area (Å²) in [6.07, 6.45) is 0.602. The Morgan fingerprint density at radius 3 is 2.15 bits per heavy atom. The van der Waals surface area contributed by atoms with Crippen molar-refractivity contribution >= 4 is 31.3 Å². The fourth-order valence-corrected chi connectivity index (χ4v) is 11.7. The number of aryl methyl sites for hydroxylation is 1. The molecule has 34 heavy (non-hydrogen) atoms. The van der Waals surface area contributed by atoms with E-state index in [0.717, 1.165) is 28.5 Å². The quantitative estimate of drug-likeness (QED) is 0.399. The zero-order valence-electron chi connectivity index (χ0n) is 21.8. The van der Waals surface area contributed by atoms with Crippen LogP contribution in [-0.4, -0.2) is 39.2 Å². The number of hydrogen-bond acceptors (Lipinski definition) is 5. The van der Waals surface area contributed by atoms with Gasteiger partial charge in [0, 0.05) is 24.2 Å². The predicted molar refractivity (Wildman–Crippen MR) is 142 cm³/mol. The van der Waals surface area contributed by atoms with Crippen LogP contribution in [0.3, 0.4) is 0 Å². The minimum absolute atomic E-state index is 0.0611. The molecule has 2 aromatic rings. The molecule has 0 saturated carbocycles. The molecular formula is C28H38N2O3Si. The number of carbonyl (C=O) groups excluding carboxylic acids is 1. The van der Waals surface area contributed by atoms with E-state index < -0.39 is 13.9 Å². The zero-order chi connectivity index (χ0) is 24.8. The normalized spacial score (nSPS) is 20.1. The Hall–Kier alpha value is -2.44. The summed E-state index contributed by atoms with van der Waals surface area (Å²) in [7, 11) is -0.713. The number of benzene rings is 2. The lowest BCUT2D eigenvalue weighted by Crippen LogP contribution is -2.61. The van der Waals surface area contributed by atoms with Crippen LogP contribution in [0.25, 0.3) is 0 Å². The number of Topliss-reactive ketones (excluding diaryl/α,β-unsaturated/α-hetero) is 1. The highest BCUT2D eigenvalue weighted by Gasteiger charge is 2.60. The molecule has 1 fully saturated rings. The Morgan fingerprint density at radius 2 is 1.59 bits per heavy atom. The lowest BCUT2D eigenvalue weighted by Gasteiger charge is -2.48. The summed E-state index contributed by atoms with van der Waals surface area (Å²) in [6, 6.07) is 13.9. The maximum absolute atomic E-state index is 14.4. The number of nitrogens with zero attached hydrogens (tertiary/aromatic N) is 2. The summed E-state index contributed by atoms with van der Waals surface area (Å²) in [5, 5.41) is 0. The Kier molecular flexibility index (Phi) is 6.51. The first-order valence-corrected chi connectivity index (χ1v) is 14.6. The van der Waals surface area contributed by atoms with E-state index in [0.29, 0.717) is 35.2 Å². The van der Waals surface area contributed by atoms with Gasteiger partial charge in [0.15, 0.2) is 5.60 Å². The highest BCUT2D eigenvalue weighted by molar-refractivity contribution is 6.78. The average Bonchev–Trinajstić information content (AvgIpc) is 3.16. The van der Waals surface area contributed by atoms with E-state index in [1.165, 1.54) is 0 Å². The van der Waals surface area contributed by atoms with Crippen LogP contribution in [0.15, 0.2) is 47.5 Å². The van der Waals surface area contributed by atoms with Gasteiger partial charge in [-0.05, 0) is 59.9 Å². The van der Waals surface area contributed by atoms with Gasteiger partial charge in [0.05, 0.1) is 12.8 Å². The third kappa shape index (κ3) is 3.71. The van der Waals surface area contributed by atoms with Gasteiger partial charge >= 0.3 is 0 Å². The molecule has 0 aromatic heterocycles. The maximum Gasteiger partial charge on any atom is 0.203 e. The molecule has 2 heterocycles. The molecule has 2 aliphatic rings. The smallest absolute Gasteiger partial charge is 0.203 e. The molecule has 5 nitrogen and oxygen atoms in total. The van der Waals surface area contributed by atoms with Crippen LogP contribution < -0.4 is 9.64 Å². The number of ether oxygens (including phenoxy) is 1. The van der Waals surface area contributed by atoms with Crippen LogP contribution in [0.1, 0.15) is 63.9 Å². The van der Waals surface area contributed by atoms with E-state index in [-0.39, 0.29) is 5.78 Å². The first-order chi connectivity index (χ1) is 16.1. The molecule has 2 aliphatic heterocycles. The Bertz CT molecular complexity index is 1090. The van der Waals surface area contributed by atoms with E-state index in [2.05, 4.69) is 46.4 Å². The molecular weight excluding hydrogens is 440 g/mol. The highest BCUT2D eigenvalue weighted by Crippen LogP contribution is 2.50. The van der Waals surface area contributed by atoms with E-state index in [1.807, 2.05) is 49.4 Å². The van der Waals surface area contributed by atoms with Crippen molar-refractivity contribution in [3.05, 3.63) is 53.6 Å². The molecule has 6 heteroatoms. The first kappa shape index (κ1) is 24.7. The van der Waals surface area contributed by atoms with Crippen molar-refractivity contribution in [2.75, 3.05) is 18.6 Å². The first-order valence-electron chi connectivity index (χ1n) is 12.4. The zero-order valence-corrected chi connectivity index (χ0v) is 22.8. The van der Waals surface area contributed by atoms with Gasteiger partial charge in [0.2, 0.25) is 14.1 Å². The molecule has 0 aliphatic carbocycles. The van der Waals surface area contributed by atoms with Crippen LogP contribution in [0.4, 0.5) is 11.4 Å². The van der Waals surface area contributed by atoms with Gasteiger partial charge in [-0.2, -0.15) is 0 Å². The monoisotopic (exact) mass is 478 g/mol. The standard InChI is InChI=1S/C28H38N2O3Si/c1-18(2)34(19(3)4,20(5)6)33-28-15-16-30(22-10-12-23(32-8)13-11-22)27(28)29-25-14-9-21(7)17-24(25)26(28)31/h9-14,17-20H,15-16H2,1-8H3/t28-/m1/s1. The average molecular weight is 479 g/mol. The van der Waals surface area contributed by atoms with E-state index in [1.54, 1.807) is 7.11 Å². The van der Waals surface area contributed by atoms with Gasteiger partial charge in [-0.3, -0.25) is 4.79 Å². The third-order valence-electron chi connectivity index (χ3n) is 7.74. The molecule has 182 valence electrons. The van der Waals surface area contributed by atoms with Crippen molar-refractivity contribution in [3.8, 4) is 5.75 Å². The molecule has 0 bridgehead atoms. The molecule has 4 rings (SSSR count). The van der Waals surface area contributed by atoms with E-state index in [4.69, 9.17) is 14.2 Å². The molecule has 2 aromatic carbocycles. The maximum atomic E-state index is 14.4. The lowest BCUT2D eigenvalue weighted by molar-refractivity contribution is 0.0622. The van der Waals surface area contributed by atoms with Crippen molar-refractivity contribution in [1.29, 1.82) is 0 Å². The summed E-state index contributed by atoms with van der Waals surface area (Å²) >= 11 is 0. The van der Waals surface area contributed by atoms with Crippen molar-refractivity contribution < 1.29 is 14.0 Å². The summed E-state index contributed by atoms with van der Waals surface area (Å²) in [4.78, 5) is 21.7. The van der Waals surface area contributed by atoms with Crippen LogP contribution in [0.2, 0.25) is 16.6 Å². The minimum atomic E-state index is -2.38. The number of anilines is 1. The summed E-state index contributed by atoms with van der Waals surface area (Å²) in [6.45, 7) is 16.3. The fraction of sp³-hybridized carbons (Fsp3) is 0.500. The molecule has 1 atom stereocenters. The van der Waals surface area contributed by atoms with Crippen LogP contribution in [-0.2, 0) is 4.43 Å². The van der Waals surface area contributed by atoms with Gasteiger partial charge in [-0.15, -0.1) is 0 Å². The Balaban J connectivity index is 1.90. The van der Waals surface area contributed by atoms with Crippen LogP contribution >= 0.6 is 0 Å². The number of rotatable bonds is 7. The Morgan fingerprint density at radius 1 is 0.971 bits per heavy atom. The second-order valence-electron chi connectivity index (χ2n) is 10.6. The Labute approximate surface area is 205 Å². The molecule has 0 radical (unpaired) electrons. The van der Waals surface area contributed by atoms with Crippen LogP contribution in [0, 0.1) is 6.92 Å². The topological polar surface area (TPSA) is 51.1 Å². The summed E-state index contributed by atoms with van der Waals surface area (Å²) < 4.78 is 12.7. The second kappa shape index (κ2) is 8.97. The lowest BCUT2D eigenvalue weighted by atomic mass is 9.87. The van der Waals surface area contributed by atoms with E-state index in [9.17, 15) is 4.79 Å². The number of hydrogen-bond donors (Lipinski definition) is 0. The molecule has 1 saturated heterocycles. The number of carbonyl (C=O) groups is 1. The van der Waals surface area contributed by atoms with Gasteiger partial charge in [0.25, 0.3) is 0 Å². The molecule has 0 amide bonds. The molecule has 0 spiro atoms. The van der Waals surface area contributed by atoms with Crippen molar-refractivity contribution in [2.45, 2.75) is 77.1 Å². The number of amidine groups is 1. The summed E-state index contributed by atoms with van der Waals surface area (Å²) in [5.41, 5.74) is 3.52. The molecule has 0 N–H and O–H groups in total. The number of fused-ring (bicyclic) bond motifs is 2. The number of aliphatic imine (C=N–C) groups is 1. The largest absolute Gasteiger partial charge is 0.497 e. The highest BCUT2D eigenvalue weighted by atomic mass is 28.4. The third-order valence-corrected chi connectivity index (χ3v) is 13.9. The summed E-state index contributed by atoms with van der Waals surface area (Å²) in [5.74, 6) is 1.60. The minimum Gasteiger partial charge on any atom is -0.497 e. The SMILES string of the molecule is COc1ccc(N2CC[C@@]3(O[Si](C(C)C)(C(C)C)C(C)C)C(=O)c4cc(C)ccc4N=C23)cc1. The predicted octanol–water partition coefficient (Wildman–Crippen LogP) is 7.07. The van der Waals surface area contributed by atoms with Gasteiger partial charge in [-0.25, -0.2) is 4.99 Å². The number of ketones is 1. The molecule has 0 unspecified atom stereocenters. The van der Waals surface area contributed by atoms with Gasteiger partial charge in [-0.1, -0.05) is 53.2 Å². The second-order valence-corrected chi connectivity index (χ2v) is 16.0. The van der Waals surface area contributed by atoms with Crippen molar-refractivity contribution in [1.82, 2.24) is 0 Å². The number of methoxy groups -OCH3 is 1. The van der Waals surface area contributed by atoms with Crippen molar-refractivity contribution in [2.24, 2.45) is 4.99 Å².